The molecule has 0 bridgehead atoms. The van der Waals surface area contributed by atoms with Crippen molar-refractivity contribution in [3.63, 3.8) is 0 Å². The Morgan fingerprint density at radius 1 is 1.38 bits per heavy atom. The van der Waals surface area contributed by atoms with E-state index in [0.29, 0.717) is 0 Å². The zero-order valence-electron chi connectivity index (χ0n) is 11.0. The Morgan fingerprint density at radius 2 is 2.19 bits per heavy atom. The van der Waals surface area contributed by atoms with Crippen LogP contribution in [-0.4, -0.2) is 44.3 Å². The largest absolute Gasteiger partial charge is 0.380 e. The van der Waals surface area contributed by atoms with Crippen molar-refractivity contribution in [2.45, 2.75) is 33.1 Å². The standard InChI is InChI=1S/C13H28N2O/c1-3-4-8-16-9-7-15-6-5-13(10-14)12(2)11-15/h12-13H,3-11,14H2,1-2H3. The predicted molar refractivity (Wildman–Crippen MR) is 68.5 cm³/mol. The number of ether oxygens (including phenoxy) is 1. The fourth-order valence-corrected chi connectivity index (χ4v) is 2.38. The molecule has 1 rings (SSSR count). The summed E-state index contributed by atoms with van der Waals surface area (Å²) in [4.78, 5) is 2.52. The normalized spacial score (nSPS) is 27.2. The predicted octanol–water partition coefficient (Wildman–Crippen LogP) is 1.72. The van der Waals surface area contributed by atoms with Crippen LogP contribution in [0.15, 0.2) is 0 Å². The van der Waals surface area contributed by atoms with E-state index < -0.39 is 0 Å². The van der Waals surface area contributed by atoms with Crippen LogP contribution in [0.4, 0.5) is 0 Å². The van der Waals surface area contributed by atoms with E-state index in [1.807, 2.05) is 0 Å². The summed E-state index contributed by atoms with van der Waals surface area (Å²) in [5, 5.41) is 0. The van der Waals surface area contributed by atoms with E-state index in [9.17, 15) is 0 Å². The van der Waals surface area contributed by atoms with Crippen LogP contribution in [0.25, 0.3) is 0 Å². The van der Waals surface area contributed by atoms with Crippen molar-refractivity contribution >= 4 is 0 Å². The Labute approximate surface area is 100 Å². The first kappa shape index (κ1) is 13.9. The maximum atomic E-state index is 5.75. The minimum atomic E-state index is 0.734. The number of piperidine rings is 1. The minimum absolute atomic E-state index is 0.734. The quantitative estimate of drug-likeness (QED) is 0.674. The van der Waals surface area contributed by atoms with Gasteiger partial charge in [-0.15, -0.1) is 0 Å². The maximum Gasteiger partial charge on any atom is 0.0593 e. The molecule has 0 radical (unpaired) electrons. The number of nitrogens with two attached hydrogens (primary N) is 1. The minimum Gasteiger partial charge on any atom is -0.380 e. The average Bonchev–Trinajstić information content (AvgIpc) is 2.29. The molecule has 0 aromatic carbocycles. The number of unbranched alkanes of at least 4 members (excludes halogenated alkanes) is 1. The van der Waals surface area contributed by atoms with Gasteiger partial charge in [-0.05, 0) is 37.8 Å². The Kier molecular flexibility index (Phi) is 7.01. The molecule has 1 fully saturated rings. The lowest BCUT2D eigenvalue weighted by Gasteiger charge is -2.36. The van der Waals surface area contributed by atoms with Crippen LogP contribution in [-0.2, 0) is 4.74 Å². The molecule has 1 heterocycles. The molecule has 2 N–H and O–H groups in total. The zero-order chi connectivity index (χ0) is 11.8. The fraction of sp³-hybridized carbons (Fsp3) is 1.00. The SMILES string of the molecule is CCCCOCCN1CCC(CN)C(C)C1. The molecule has 3 nitrogen and oxygen atoms in total. The molecule has 0 aliphatic carbocycles. The molecular formula is C13H28N2O. The third-order valence-corrected chi connectivity index (χ3v) is 3.66. The zero-order valence-corrected chi connectivity index (χ0v) is 11.0. The third kappa shape index (κ3) is 4.81. The van der Waals surface area contributed by atoms with Crippen molar-refractivity contribution in [3.8, 4) is 0 Å². The van der Waals surface area contributed by atoms with E-state index in [-0.39, 0.29) is 0 Å². The highest BCUT2D eigenvalue weighted by atomic mass is 16.5. The molecule has 3 heteroatoms. The topological polar surface area (TPSA) is 38.5 Å². The first-order valence-corrected chi connectivity index (χ1v) is 6.78. The second kappa shape index (κ2) is 8.04. The second-order valence-electron chi connectivity index (χ2n) is 5.03. The highest BCUT2D eigenvalue weighted by Crippen LogP contribution is 2.21. The van der Waals surface area contributed by atoms with Crippen LogP contribution in [0.5, 0.6) is 0 Å². The second-order valence-corrected chi connectivity index (χ2v) is 5.03. The van der Waals surface area contributed by atoms with Crippen molar-refractivity contribution in [2.24, 2.45) is 17.6 Å². The summed E-state index contributed by atoms with van der Waals surface area (Å²) in [6.45, 7) is 10.7. The van der Waals surface area contributed by atoms with Crippen LogP contribution in [0.2, 0.25) is 0 Å². The van der Waals surface area contributed by atoms with Gasteiger partial charge in [-0.2, -0.15) is 0 Å². The monoisotopic (exact) mass is 228 g/mol. The smallest absolute Gasteiger partial charge is 0.0593 e. The van der Waals surface area contributed by atoms with Crippen LogP contribution in [0.3, 0.4) is 0 Å². The molecule has 16 heavy (non-hydrogen) atoms. The number of hydrogen-bond donors (Lipinski definition) is 1. The van der Waals surface area contributed by atoms with Gasteiger partial charge in [0.25, 0.3) is 0 Å². The van der Waals surface area contributed by atoms with Gasteiger partial charge in [-0.3, -0.25) is 0 Å². The molecule has 96 valence electrons. The summed E-state index contributed by atoms with van der Waals surface area (Å²) < 4.78 is 5.60. The number of hydrogen-bond acceptors (Lipinski definition) is 3. The summed E-state index contributed by atoms with van der Waals surface area (Å²) in [6.07, 6.45) is 3.66. The van der Waals surface area contributed by atoms with Gasteiger partial charge in [0.05, 0.1) is 6.61 Å². The lowest BCUT2D eigenvalue weighted by atomic mass is 9.87. The van der Waals surface area contributed by atoms with Gasteiger partial charge in [-0.1, -0.05) is 20.3 Å². The molecule has 2 atom stereocenters. The molecule has 0 saturated carbocycles. The van der Waals surface area contributed by atoms with E-state index in [2.05, 4.69) is 18.7 Å². The lowest BCUT2D eigenvalue weighted by molar-refractivity contribution is 0.0712. The highest BCUT2D eigenvalue weighted by Gasteiger charge is 2.24. The summed E-state index contributed by atoms with van der Waals surface area (Å²) in [6, 6.07) is 0. The molecule has 0 aromatic rings. The van der Waals surface area contributed by atoms with Crippen LogP contribution >= 0.6 is 0 Å². The summed E-state index contributed by atoms with van der Waals surface area (Å²) >= 11 is 0. The van der Waals surface area contributed by atoms with Gasteiger partial charge < -0.3 is 15.4 Å². The summed E-state index contributed by atoms with van der Waals surface area (Å²) in [7, 11) is 0. The Morgan fingerprint density at radius 3 is 2.81 bits per heavy atom. The van der Waals surface area contributed by atoms with Crippen molar-refractivity contribution in [1.82, 2.24) is 4.90 Å². The van der Waals surface area contributed by atoms with Crippen LogP contribution in [0.1, 0.15) is 33.1 Å². The van der Waals surface area contributed by atoms with Gasteiger partial charge >= 0.3 is 0 Å². The maximum absolute atomic E-state index is 5.75. The summed E-state index contributed by atoms with van der Waals surface area (Å²) in [5.74, 6) is 1.48. The number of nitrogens with zero attached hydrogens (tertiary/aromatic N) is 1. The molecule has 1 aliphatic heterocycles. The number of likely N-dealkylation sites (tertiary alicyclic amines) is 1. The van der Waals surface area contributed by atoms with Crippen molar-refractivity contribution in [3.05, 3.63) is 0 Å². The Balaban J connectivity index is 2.06. The van der Waals surface area contributed by atoms with Crippen molar-refractivity contribution < 1.29 is 4.74 Å². The van der Waals surface area contributed by atoms with E-state index in [1.54, 1.807) is 0 Å². The van der Waals surface area contributed by atoms with Gasteiger partial charge in [-0.25, -0.2) is 0 Å². The van der Waals surface area contributed by atoms with Crippen molar-refractivity contribution in [1.29, 1.82) is 0 Å². The number of rotatable bonds is 7. The van der Waals surface area contributed by atoms with Gasteiger partial charge in [0, 0.05) is 19.7 Å². The van der Waals surface area contributed by atoms with Gasteiger partial charge in [0.1, 0.15) is 0 Å². The molecule has 1 aliphatic rings. The first-order chi connectivity index (χ1) is 7.77. The molecule has 1 saturated heterocycles. The summed E-state index contributed by atoms with van der Waals surface area (Å²) in [5.41, 5.74) is 5.75. The van der Waals surface area contributed by atoms with E-state index in [4.69, 9.17) is 10.5 Å². The third-order valence-electron chi connectivity index (χ3n) is 3.66. The van der Waals surface area contributed by atoms with E-state index >= 15 is 0 Å². The van der Waals surface area contributed by atoms with E-state index in [1.165, 1.54) is 32.4 Å². The molecule has 2 unspecified atom stereocenters. The Hall–Kier alpha value is -0.120. The molecule has 0 aromatic heterocycles. The molecule has 0 spiro atoms. The lowest BCUT2D eigenvalue weighted by Crippen LogP contribution is -2.43. The van der Waals surface area contributed by atoms with Gasteiger partial charge in [0.2, 0.25) is 0 Å². The average molecular weight is 228 g/mol. The van der Waals surface area contributed by atoms with E-state index in [0.717, 1.165) is 38.1 Å². The van der Waals surface area contributed by atoms with Gasteiger partial charge in [0.15, 0.2) is 0 Å². The Bertz CT molecular complexity index is 175. The van der Waals surface area contributed by atoms with Crippen LogP contribution in [0, 0.1) is 11.8 Å². The van der Waals surface area contributed by atoms with Crippen LogP contribution < -0.4 is 5.73 Å². The first-order valence-electron chi connectivity index (χ1n) is 6.78. The fourth-order valence-electron chi connectivity index (χ4n) is 2.38. The molecule has 0 amide bonds. The van der Waals surface area contributed by atoms with Crippen molar-refractivity contribution in [2.75, 3.05) is 39.4 Å². The highest BCUT2D eigenvalue weighted by molar-refractivity contribution is 4.78. The molecular weight excluding hydrogens is 200 g/mol.